The van der Waals surface area contributed by atoms with Gasteiger partial charge in [0.25, 0.3) is 5.91 Å². The summed E-state index contributed by atoms with van der Waals surface area (Å²) in [5.41, 5.74) is 5.69. The largest absolute Gasteiger partial charge is 0.441 e. The zero-order chi connectivity index (χ0) is 22.4. The molecule has 0 spiro atoms. The third kappa shape index (κ3) is 5.95. The maximum Gasteiger partial charge on any atom is 0.251 e. The average Bonchev–Trinajstić information content (AvgIpc) is 3.19. The van der Waals surface area contributed by atoms with Gasteiger partial charge in [0.15, 0.2) is 11.7 Å². The molecule has 0 atom stereocenters. The van der Waals surface area contributed by atoms with Crippen LogP contribution >= 0.6 is 0 Å². The molecule has 0 unspecified atom stereocenters. The second-order valence-corrected chi connectivity index (χ2v) is 6.52. The van der Waals surface area contributed by atoms with E-state index in [0.717, 1.165) is 12.1 Å². The van der Waals surface area contributed by atoms with Crippen molar-refractivity contribution in [3.05, 3.63) is 71.8 Å². The summed E-state index contributed by atoms with van der Waals surface area (Å²) in [6, 6.07) is 9.25. The van der Waals surface area contributed by atoms with Gasteiger partial charge in [0.05, 0.1) is 18.3 Å². The molecule has 0 aliphatic rings. The first-order valence-electron chi connectivity index (χ1n) is 9.18. The van der Waals surface area contributed by atoms with Gasteiger partial charge in [-0.15, -0.1) is 0 Å². The molecular weight excluding hydrogens is 410 g/mol. The Hall–Kier alpha value is -4.08. The maximum absolute atomic E-state index is 13.8. The Kier molecular flexibility index (Phi) is 6.71. The minimum absolute atomic E-state index is 0.0178. The molecule has 0 aliphatic carbocycles. The smallest absolute Gasteiger partial charge is 0.251 e. The molecule has 3 aromatic rings. The van der Waals surface area contributed by atoms with Gasteiger partial charge in [-0.25, -0.2) is 13.8 Å². The van der Waals surface area contributed by atoms with Gasteiger partial charge in [-0.2, -0.15) is 0 Å². The van der Waals surface area contributed by atoms with Crippen molar-refractivity contribution in [3.8, 4) is 11.3 Å². The van der Waals surface area contributed by atoms with Gasteiger partial charge in [-0.3, -0.25) is 14.4 Å². The van der Waals surface area contributed by atoms with Crippen LogP contribution in [0.3, 0.4) is 0 Å². The number of nitrogens with two attached hydrogens (primary N) is 1. The van der Waals surface area contributed by atoms with Crippen molar-refractivity contribution < 1.29 is 27.6 Å². The number of rotatable bonds is 8. The summed E-state index contributed by atoms with van der Waals surface area (Å²) in [6.45, 7) is -0.296. The second kappa shape index (κ2) is 9.61. The fourth-order valence-corrected chi connectivity index (χ4v) is 2.69. The lowest BCUT2D eigenvalue weighted by Crippen LogP contribution is -2.33. The molecule has 0 radical (unpaired) electrons. The van der Waals surface area contributed by atoms with E-state index in [1.807, 2.05) is 0 Å². The van der Waals surface area contributed by atoms with Gasteiger partial charge < -0.3 is 20.8 Å². The molecule has 1 heterocycles. The third-order valence-corrected chi connectivity index (χ3v) is 4.15. The van der Waals surface area contributed by atoms with Crippen LogP contribution in [-0.4, -0.2) is 29.3 Å². The number of amides is 3. The van der Waals surface area contributed by atoms with Gasteiger partial charge in [0, 0.05) is 30.2 Å². The predicted octanol–water partition coefficient (Wildman–Crippen LogP) is 2.41. The zero-order valence-corrected chi connectivity index (χ0v) is 16.2. The number of anilines is 1. The first-order chi connectivity index (χ1) is 14.8. The minimum Gasteiger partial charge on any atom is -0.441 e. The number of oxazole rings is 1. The lowest BCUT2D eigenvalue weighted by Gasteiger charge is -2.07. The second-order valence-electron chi connectivity index (χ2n) is 6.52. The van der Waals surface area contributed by atoms with Crippen LogP contribution in [0, 0.1) is 11.6 Å². The van der Waals surface area contributed by atoms with Crippen LogP contribution in [0.1, 0.15) is 22.7 Å². The van der Waals surface area contributed by atoms with Crippen molar-refractivity contribution in [2.45, 2.75) is 12.8 Å². The Balaban J connectivity index is 1.56. The van der Waals surface area contributed by atoms with Gasteiger partial charge >= 0.3 is 0 Å². The summed E-state index contributed by atoms with van der Waals surface area (Å²) in [6.07, 6.45) is 1.47. The van der Waals surface area contributed by atoms with Crippen molar-refractivity contribution in [2.75, 3.05) is 11.9 Å². The molecule has 2 aromatic carbocycles. The summed E-state index contributed by atoms with van der Waals surface area (Å²) >= 11 is 0. The number of hydrogen-bond donors (Lipinski definition) is 3. The standard InChI is InChI=1S/C21H18F2N4O4/c22-13-4-5-15(16(23)9-13)17-10-25-20(31-17)7-6-19(29)27-14-3-1-2-12(8-14)21(30)26-11-18(24)28/h1-5,8-10H,6-7,11H2,(H2,24,28)(H,26,30)(H,27,29). The number of halogens is 2. The summed E-state index contributed by atoms with van der Waals surface area (Å²) in [5, 5.41) is 5.00. The summed E-state index contributed by atoms with van der Waals surface area (Å²) in [5.74, 6) is -2.67. The molecule has 31 heavy (non-hydrogen) atoms. The molecule has 8 nitrogen and oxygen atoms in total. The molecule has 0 fully saturated rings. The molecule has 0 aliphatic heterocycles. The third-order valence-electron chi connectivity index (χ3n) is 4.15. The molecule has 3 rings (SSSR count). The van der Waals surface area contributed by atoms with Crippen molar-refractivity contribution in [3.63, 3.8) is 0 Å². The first kappa shape index (κ1) is 21.6. The van der Waals surface area contributed by atoms with Gasteiger partial charge in [-0.05, 0) is 30.3 Å². The van der Waals surface area contributed by atoms with Crippen molar-refractivity contribution in [1.82, 2.24) is 10.3 Å². The van der Waals surface area contributed by atoms with Gasteiger partial charge in [0.2, 0.25) is 11.8 Å². The molecule has 4 N–H and O–H groups in total. The highest BCUT2D eigenvalue weighted by atomic mass is 19.1. The summed E-state index contributed by atoms with van der Waals surface area (Å²) < 4.78 is 32.3. The van der Waals surface area contributed by atoms with E-state index >= 15 is 0 Å². The Labute approximate surface area is 175 Å². The lowest BCUT2D eigenvalue weighted by molar-refractivity contribution is -0.117. The van der Waals surface area contributed by atoms with Crippen LogP contribution in [0.4, 0.5) is 14.5 Å². The normalized spacial score (nSPS) is 10.5. The molecule has 10 heteroatoms. The fraction of sp³-hybridized carbons (Fsp3) is 0.143. The SMILES string of the molecule is NC(=O)CNC(=O)c1cccc(NC(=O)CCc2ncc(-c3ccc(F)cc3F)o2)c1. The summed E-state index contributed by atoms with van der Waals surface area (Å²) in [4.78, 5) is 38.9. The van der Waals surface area contributed by atoms with E-state index in [2.05, 4.69) is 15.6 Å². The number of carbonyl (C=O) groups excluding carboxylic acids is 3. The van der Waals surface area contributed by atoms with Gasteiger partial charge in [-0.1, -0.05) is 6.07 Å². The van der Waals surface area contributed by atoms with E-state index in [4.69, 9.17) is 10.2 Å². The Morgan fingerprint density at radius 1 is 1.10 bits per heavy atom. The van der Waals surface area contributed by atoms with E-state index in [-0.39, 0.29) is 48.1 Å². The van der Waals surface area contributed by atoms with Gasteiger partial charge in [0.1, 0.15) is 11.6 Å². The molecular formula is C21H18F2N4O4. The monoisotopic (exact) mass is 428 g/mol. The maximum atomic E-state index is 13.8. The number of nitrogens with one attached hydrogen (secondary N) is 2. The Bertz CT molecular complexity index is 1130. The molecule has 160 valence electrons. The topological polar surface area (TPSA) is 127 Å². The number of aromatic nitrogens is 1. The zero-order valence-electron chi connectivity index (χ0n) is 16.2. The average molecular weight is 428 g/mol. The highest BCUT2D eigenvalue weighted by Crippen LogP contribution is 2.24. The lowest BCUT2D eigenvalue weighted by atomic mass is 10.2. The molecule has 3 amide bonds. The van der Waals surface area contributed by atoms with Crippen LogP contribution in [0.25, 0.3) is 11.3 Å². The molecule has 0 saturated carbocycles. The Morgan fingerprint density at radius 2 is 1.90 bits per heavy atom. The number of carbonyl (C=O) groups is 3. The van der Waals surface area contributed by atoms with Crippen LogP contribution in [0.2, 0.25) is 0 Å². The fourth-order valence-electron chi connectivity index (χ4n) is 2.69. The molecule has 0 saturated heterocycles. The van der Waals surface area contributed by atoms with E-state index in [1.165, 1.54) is 24.4 Å². The van der Waals surface area contributed by atoms with Crippen molar-refractivity contribution >= 4 is 23.4 Å². The van der Waals surface area contributed by atoms with E-state index < -0.39 is 23.4 Å². The summed E-state index contributed by atoms with van der Waals surface area (Å²) in [7, 11) is 0. The van der Waals surface area contributed by atoms with Crippen LogP contribution in [0.5, 0.6) is 0 Å². The van der Waals surface area contributed by atoms with Crippen LogP contribution < -0.4 is 16.4 Å². The van der Waals surface area contributed by atoms with E-state index in [9.17, 15) is 23.2 Å². The van der Waals surface area contributed by atoms with Crippen molar-refractivity contribution in [2.24, 2.45) is 5.73 Å². The number of hydrogen-bond acceptors (Lipinski definition) is 5. The van der Waals surface area contributed by atoms with Crippen LogP contribution in [0.15, 0.2) is 53.1 Å². The van der Waals surface area contributed by atoms with Crippen LogP contribution in [-0.2, 0) is 16.0 Å². The number of benzene rings is 2. The van der Waals surface area contributed by atoms with E-state index in [1.54, 1.807) is 12.1 Å². The molecule has 0 bridgehead atoms. The first-order valence-corrected chi connectivity index (χ1v) is 9.18. The molecule has 1 aromatic heterocycles. The predicted molar refractivity (Wildman–Crippen MR) is 107 cm³/mol. The quantitative estimate of drug-likeness (QED) is 0.508. The number of primary amides is 1. The Morgan fingerprint density at radius 3 is 2.65 bits per heavy atom. The number of aryl methyl sites for hydroxylation is 1. The highest BCUT2D eigenvalue weighted by Gasteiger charge is 2.14. The van der Waals surface area contributed by atoms with Crippen molar-refractivity contribution in [1.29, 1.82) is 0 Å². The number of nitrogens with zero attached hydrogens (tertiary/aromatic N) is 1. The highest BCUT2D eigenvalue weighted by molar-refractivity contribution is 5.98. The van der Waals surface area contributed by atoms with E-state index in [0.29, 0.717) is 5.69 Å². The minimum atomic E-state index is -0.778.